The largest absolute Gasteiger partial charge is 0.493 e. The molecule has 5 nitrogen and oxygen atoms in total. The van der Waals surface area contributed by atoms with E-state index in [4.69, 9.17) is 21.1 Å². The first-order valence-corrected chi connectivity index (χ1v) is 10.6. The molecule has 0 saturated carbocycles. The molecule has 0 N–H and O–H groups in total. The van der Waals surface area contributed by atoms with Crippen molar-refractivity contribution >= 4 is 34.8 Å². The van der Waals surface area contributed by atoms with E-state index in [-0.39, 0.29) is 0 Å². The monoisotopic (exact) mass is 447 g/mol. The van der Waals surface area contributed by atoms with E-state index in [1.165, 1.54) is 7.11 Å². The Morgan fingerprint density at radius 1 is 1.03 bits per heavy atom. The topological polar surface area (TPSA) is 57.5 Å². The number of hydrogen-bond acceptors (Lipinski definition) is 4. The van der Waals surface area contributed by atoms with Gasteiger partial charge in [0, 0.05) is 28.9 Å². The summed E-state index contributed by atoms with van der Waals surface area (Å²) in [4.78, 5) is 23.7. The van der Waals surface area contributed by atoms with E-state index in [9.17, 15) is 9.59 Å². The van der Waals surface area contributed by atoms with Crippen molar-refractivity contribution in [3.05, 3.63) is 100 Å². The van der Waals surface area contributed by atoms with Crippen LogP contribution in [0.1, 0.15) is 32.0 Å². The number of aromatic nitrogens is 1. The lowest BCUT2D eigenvalue weighted by Gasteiger charge is -2.09. The molecule has 0 unspecified atom stereocenters. The molecule has 0 bridgehead atoms. The highest BCUT2D eigenvalue weighted by Gasteiger charge is 2.17. The molecule has 0 fully saturated rings. The summed E-state index contributed by atoms with van der Waals surface area (Å²) in [5, 5.41) is 1.56. The van der Waals surface area contributed by atoms with Crippen LogP contribution in [0.15, 0.2) is 72.8 Å². The number of halogens is 1. The Balaban J connectivity index is 1.59. The van der Waals surface area contributed by atoms with Gasteiger partial charge in [-0.2, -0.15) is 0 Å². The Hall–Kier alpha value is -3.57. The van der Waals surface area contributed by atoms with Gasteiger partial charge < -0.3 is 14.0 Å². The van der Waals surface area contributed by atoms with E-state index in [2.05, 4.69) is 0 Å². The van der Waals surface area contributed by atoms with Crippen LogP contribution in [0.2, 0.25) is 5.02 Å². The fourth-order valence-electron chi connectivity index (χ4n) is 3.83. The van der Waals surface area contributed by atoms with Gasteiger partial charge in [-0.15, -0.1) is 0 Å². The molecule has 0 amide bonds. The number of hydrogen-bond donors (Lipinski definition) is 0. The average molecular weight is 448 g/mol. The van der Waals surface area contributed by atoms with Crippen LogP contribution < -0.4 is 4.74 Å². The molecule has 0 atom stereocenters. The highest BCUT2D eigenvalue weighted by molar-refractivity contribution is 6.31. The van der Waals surface area contributed by atoms with Crippen LogP contribution in [0.4, 0.5) is 0 Å². The molecule has 0 aliphatic carbocycles. The van der Waals surface area contributed by atoms with Crippen LogP contribution in [-0.4, -0.2) is 30.5 Å². The maximum atomic E-state index is 12.1. The van der Waals surface area contributed by atoms with Crippen LogP contribution in [0.5, 0.6) is 5.75 Å². The Kier molecular flexibility index (Phi) is 6.57. The van der Waals surface area contributed by atoms with E-state index >= 15 is 0 Å². The van der Waals surface area contributed by atoms with E-state index < -0.39 is 5.97 Å². The summed E-state index contributed by atoms with van der Waals surface area (Å²) in [5.74, 6) is 0.242. The number of ether oxygens (including phenoxy) is 2. The smallest absolute Gasteiger partial charge is 0.337 e. The molecule has 162 valence electrons. The minimum atomic E-state index is -0.393. The van der Waals surface area contributed by atoms with Gasteiger partial charge in [0.2, 0.25) is 0 Å². The second kappa shape index (κ2) is 9.71. The molecule has 6 heteroatoms. The Labute approximate surface area is 191 Å². The SMILES string of the molecule is COC(=O)c1ccc(OCCc2c(C=O)n(Cc3ccccc3)c3ccc(Cl)cc23)cc1. The number of esters is 1. The third-order valence-corrected chi connectivity index (χ3v) is 5.60. The third-order valence-electron chi connectivity index (χ3n) is 5.37. The predicted octanol–water partition coefficient (Wildman–Crippen LogP) is 5.56. The summed E-state index contributed by atoms with van der Waals surface area (Å²) in [5.41, 5.74) is 4.05. The van der Waals surface area contributed by atoms with E-state index in [1.54, 1.807) is 24.3 Å². The molecule has 0 spiro atoms. The second-order valence-corrected chi connectivity index (χ2v) is 7.77. The van der Waals surface area contributed by atoms with Crippen LogP contribution in [0.3, 0.4) is 0 Å². The van der Waals surface area contributed by atoms with Crippen LogP contribution >= 0.6 is 11.6 Å². The molecule has 32 heavy (non-hydrogen) atoms. The Morgan fingerprint density at radius 2 is 1.78 bits per heavy atom. The first-order valence-electron chi connectivity index (χ1n) is 10.2. The summed E-state index contributed by atoms with van der Waals surface area (Å²) in [6.45, 7) is 0.957. The summed E-state index contributed by atoms with van der Waals surface area (Å²) in [7, 11) is 1.35. The highest BCUT2D eigenvalue weighted by atomic mass is 35.5. The first kappa shape index (κ1) is 21.7. The summed E-state index contributed by atoms with van der Waals surface area (Å²) in [6, 6.07) is 22.5. The van der Waals surface area contributed by atoms with Crippen LogP contribution in [0, 0.1) is 0 Å². The van der Waals surface area contributed by atoms with Gasteiger partial charge in [-0.1, -0.05) is 41.9 Å². The Bertz CT molecular complexity index is 1250. The molecule has 3 aromatic carbocycles. The van der Waals surface area contributed by atoms with Gasteiger partial charge >= 0.3 is 5.97 Å². The molecule has 0 aliphatic heterocycles. The fourth-order valence-corrected chi connectivity index (χ4v) is 4.00. The number of aldehydes is 1. The number of fused-ring (bicyclic) bond motifs is 1. The zero-order valence-corrected chi connectivity index (χ0v) is 18.3. The van der Waals surface area contributed by atoms with Gasteiger partial charge in [-0.25, -0.2) is 4.79 Å². The van der Waals surface area contributed by atoms with Crippen molar-refractivity contribution in [1.29, 1.82) is 0 Å². The van der Waals surface area contributed by atoms with Crippen LogP contribution in [-0.2, 0) is 17.7 Å². The number of nitrogens with zero attached hydrogens (tertiary/aromatic N) is 1. The second-order valence-electron chi connectivity index (χ2n) is 7.33. The van der Waals surface area contributed by atoms with Crippen molar-refractivity contribution in [1.82, 2.24) is 4.57 Å². The van der Waals surface area contributed by atoms with Crippen molar-refractivity contribution in [2.75, 3.05) is 13.7 Å². The third kappa shape index (κ3) is 4.53. The predicted molar refractivity (Wildman–Crippen MR) is 125 cm³/mol. The standard InChI is InChI=1S/C26H22ClNO4/c1-31-26(30)19-7-10-21(11-8-19)32-14-13-22-23-15-20(27)9-12-24(23)28(25(22)17-29)16-18-5-3-2-4-6-18/h2-12,15,17H,13-14,16H2,1H3. The Morgan fingerprint density at radius 3 is 2.47 bits per heavy atom. The minimum absolute atomic E-state index is 0.370. The molecular formula is C26H22ClNO4. The minimum Gasteiger partial charge on any atom is -0.493 e. The van der Waals surface area contributed by atoms with Crippen molar-refractivity contribution in [2.45, 2.75) is 13.0 Å². The molecule has 0 radical (unpaired) electrons. The normalized spacial score (nSPS) is 10.8. The average Bonchev–Trinajstić information content (AvgIpc) is 3.11. The lowest BCUT2D eigenvalue weighted by molar-refractivity contribution is 0.0600. The van der Waals surface area contributed by atoms with Crippen molar-refractivity contribution in [2.24, 2.45) is 0 Å². The van der Waals surface area contributed by atoms with Crippen molar-refractivity contribution < 1.29 is 19.1 Å². The summed E-state index contributed by atoms with van der Waals surface area (Å²) in [6.07, 6.45) is 1.43. The number of carbonyl (C=O) groups excluding carboxylic acids is 2. The van der Waals surface area contributed by atoms with Gasteiger partial charge in [0.05, 0.1) is 25.0 Å². The van der Waals surface area contributed by atoms with E-state index in [1.807, 2.05) is 53.1 Å². The zero-order valence-electron chi connectivity index (χ0n) is 17.6. The molecule has 1 heterocycles. The summed E-state index contributed by atoms with van der Waals surface area (Å²) >= 11 is 6.27. The maximum Gasteiger partial charge on any atom is 0.337 e. The maximum absolute atomic E-state index is 12.1. The molecule has 0 aliphatic rings. The van der Waals surface area contributed by atoms with Crippen LogP contribution in [0.25, 0.3) is 10.9 Å². The van der Waals surface area contributed by atoms with Crippen molar-refractivity contribution in [3.63, 3.8) is 0 Å². The van der Waals surface area contributed by atoms with Gasteiger partial charge in [0.25, 0.3) is 0 Å². The van der Waals surface area contributed by atoms with Gasteiger partial charge in [-0.3, -0.25) is 4.79 Å². The number of methoxy groups -OCH3 is 1. The molecule has 4 rings (SSSR count). The van der Waals surface area contributed by atoms with Gasteiger partial charge in [0.1, 0.15) is 5.75 Å². The number of benzene rings is 3. The first-order chi connectivity index (χ1) is 15.6. The van der Waals surface area contributed by atoms with Crippen molar-refractivity contribution in [3.8, 4) is 5.75 Å². The highest BCUT2D eigenvalue weighted by Crippen LogP contribution is 2.30. The lowest BCUT2D eigenvalue weighted by Crippen LogP contribution is -2.07. The van der Waals surface area contributed by atoms with E-state index in [0.29, 0.717) is 41.6 Å². The summed E-state index contributed by atoms with van der Waals surface area (Å²) < 4.78 is 12.6. The van der Waals surface area contributed by atoms with Gasteiger partial charge in [0.15, 0.2) is 6.29 Å². The van der Waals surface area contributed by atoms with Gasteiger partial charge in [-0.05, 0) is 53.6 Å². The van der Waals surface area contributed by atoms with E-state index in [0.717, 1.165) is 28.3 Å². The number of rotatable bonds is 8. The quantitative estimate of drug-likeness (QED) is 0.262. The molecular weight excluding hydrogens is 426 g/mol. The zero-order chi connectivity index (χ0) is 22.5. The fraction of sp³-hybridized carbons (Fsp3) is 0.154. The number of carbonyl (C=O) groups is 2. The molecule has 1 aromatic heterocycles. The molecule has 4 aromatic rings. The molecule has 0 saturated heterocycles. The lowest BCUT2D eigenvalue weighted by atomic mass is 10.1.